The summed E-state index contributed by atoms with van der Waals surface area (Å²) >= 11 is 0. The van der Waals surface area contributed by atoms with Crippen molar-refractivity contribution in [1.82, 2.24) is 24.4 Å². The van der Waals surface area contributed by atoms with Crippen LogP contribution >= 0.6 is 0 Å². The lowest BCUT2D eigenvalue weighted by molar-refractivity contribution is 0.0988. The van der Waals surface area contributed by atoms with Crippen molar-refractivity contribution in [3.05, 3.63) is 35.9 Å². The Hall–Kier alpha value is -3.12. The van der Waals surface area contributed by atoms with Gasteiger partial charge in [0.05, 0.1) is 36.7 Å². The molecular weight excluding hydrogens is 458 g/mol. The number of amides is 1. The molecule has 3 N–H and O–H groups in total. The fourth-order valence-corrected chi connectivity index (χ4v) is 5.54. The van der Waals surface area contributed by atoms with Crippen LogP contribution in [0.3, 0.4) is 0 Å². The first kappa shape index (κ1) is 22.4. The van der Waals surface area contributed by atoms with Gasteiger partial charge in [-0.25, -0.2) is 18.3 Å². The first-order valence-corrected chi connectivity index (χ1v) is 12.1. The molecule has 1 amide bonds. The van der Waals surface area contributed by atoms with Crippen LogP contribution in [-0.2, 0) is 4.74 Å². The predicted octanol–water partition coefficient (Wildman–Crippen LogP) is 2.78. The molecule has 2 saturated heterocycles. The largest absolute Gasteiger partial charge is 0.374 e. The first-order chi connectivity index (χ1) is 17.0. The Morgan fingerprint density at radius 2 is 2.09 bits per heavy atom. The van der Waals surface area contributed by atoms with Crippen LogP contribution in [0.1, 0.15) is 60.6 Å². The van der Waals surface area contributed by atoms with Crippen molar-refractivity contribution in [2.75, 3.05) is 29.9 Å². The van der Waals surface area contributed by atoms with Crippen molar-refractivity contribution in [2.45, 2.75) is 56.7 Å². The standard InChI is InChI=1S/C23H28F2N8O2/c24-21(25)20-18(11-33(30-20)14-3-1-13(8-26)2-4-14)28-23(34)17-9-27-32-6-5-19(29-22(17)32)31-10-16-7-15(31)12-35-16/h5-6,9,11,13-16,21H,1-4,7-8,10,12,26H2,(H,28,34)/t13-,14-,15-,16-/m1/s1. The minimum Gasteiger partial charge on any atom is -0.374 e. The molecule has 2 bridgehead atoms. The zero-order chi connectivity index (χ0) is 24.1. The summed E-state index contributed by atoms with van der Waals surface area (Å²) in [6.07, 6.45) is 6.55. The third-order valence-corrected chi connectivity index (χ3v) is 7.53. The quantitative estimate of drug-likeness (QED) is 0.550. The van der Waals surface area contributed by atoms with Gasteiger partial charge < -0.3 is 20.7 Å². The number of nitrogens with one attached hydrogen (secondary N) is 1. The third kappa shape index (κ3) is 4.04. The van der Waals surface area contributed by atoms with Gasteiger partial charge in [-0.3, -0.25) is 9.48 Å². The zero-order valence-corrected chi connectivity index (χ0v) is 19.2. The highest BCUT2D eigenvalue weighted by molar-refractivity contribution is 6.08. The maximum Gasteiger partial charge on any atom is 0.284 e. The van der Waals surface area contributed by atoms with E-state index in [0.29, 0.717) is 24.7 Å². The molecule has 0 radical (unpaired) electrons. The molecule has 35 heavy (non-hydrogen) atoms. The number of anilines is 2. The lowest BCUT2D eigenvalue weighted by atomic mass is 9.86. The molecule has 3 fully saturated rings. The maximum atomic E-state index is 13.8. The third-order valence-electron chi connectivity index (χ3n) is 7.53. The molecular formula is C23H28F2N8O2. The first-order valence-electron chi connectivity index (χ1n) is 12.1. The Kier molecular flexibility index (Phi) is 5.64. The number of rotatable bonds is 6. The number of nitrogens with zero attached hydrogens (tertiary/aromatic N) is 6. The summed E-state index contributed by atoms with van der Waals surface area (Å²) in [5.74, 6) is 0.660. The highest BCUT2D eigenvalue weighted by atomic mass is 19.3. The number of aromatic nitrogens is 5. The number of alkyl halides is 2. The molecule has 3 aromatic rings. The van der Waals surface area contributed by atoms with Gasteiger partial charge in [-0.05, 0) is 50.6 Å². The summed E-state index contributed by atoms with van der Waals surface area (Å²) < 4.78 is 36.3. The highest BCUT2D eigenvalue weighted by Crippen LogP contribution is 2.35. The molecule has 2 aliphatic heterocycles. The molecule has 186 valence electrons. The van der Waals surface area contributed by atoms with Crippen LogP contribution in [0.5, 0.6) is 0 Å². The molecule has 1 saturated carbocycles. The fourth-order valence-electron chi connectivity index (χ4n) is 5.54. The molecule has 3 aliphatic rings. The maximum absolute atomic E-state index is 13.8. The number of fused-ring (bicyclic) bond motifs is 3. The van der Waals surface area contributed by atoms with E-state index in [9.17, 15) is 13.6 Å². The number of ether oxygens (including phenoxy) is 1. The van der Waals surface area contributed by atoms with Gasteiger partial charge in [0.25, 0.3) is 12.3 Å². The Balaban J connectivity index is 1.24. The molecule has 10 nitrogen and oxygen atoms in total. The van der Waals surface area contributed by atoms with E-state index < -0.39 is 18.0 Å². The Bertz CT molecular complexity index is 1240. The van der Waals surface area contributed by atoms with E-state index in [-0.39, 0.29) is 29.4 Å². The Labute approximate surface area is 200 Å². The molecule has 6 rings (SSSR count). The van der Waals surface area contributed by atoms with Crippen LogP contribution in [0.15, 0.2) is 24.7 Å². The molecule has 0 aromatic carbocycles. The van der Waals surface area contributed by atoms with Crippen molar-refractivity contribution < 1.29 is 18.3 Å². The van der Waals surface area contributed by atoms with Crippen molar-refractivity contribution in [3.8, 4) is 0 Å². The summed E-state index contributed by atoms with van der Waals surface area (Å²) in [6, 6.07) is 2.15. The molecule has 1 aliphatic carbocycles. The minimum atomic E-state index is -2.81. The lowest BCUT2D eigenvalue weighted by Crippen LogP contribution is -2.37. The highest BCUT2D eigenvalue weighted by Gasteiger charge is 2.39. The monoisotopic (exact) mass is 486 g/mol. The van der Waals surface area contributed by atoms with Crippen molar-refractivity contribution in [3.63, 3.8) is 0 Å². The number of carbonyl (C=O) groups is 1. The molecule has 0 unspecified atom stereocenters. The van der Waals surface area contributed by atoms with E-state index in [1.54, 1.807) is 10.9 Å². The molecule has 5 heterocycles. The van der Waals surface area contributed by atoms with Crippen molar-refractivity contribution in [2.24, 2.45) is 11.7 Å². The lowest BCUT2D eigenvalue weighted by Gasteiger charge is -2.27. The Morgan fingerprint density at radius 1 is 1.26 bits per heavy atom. The van der Waals surface area contributed by atoms with Gasteiger partial charge in [-0.2, -0.15) is 10.2 Å². The summed E-state index contributed by atoms with van der Waals surface area (Å²) in [7, 11) is 0. The second kappa shape index (κ2) is 8.83. The van der Waals surface area contributed by atoms with E-state index >= 15 is 0 Å². The smallest absolute Gasteiger partial charge is 0.284 e. The van der Waals surface area contributed by atoms with Crippen LogP contribution in [0.2, 0.25) is 0 Å². The van der Waals surface area contributed by atoms with E-state index in [2.05, 4.69) is 25.4 Å². The van der Waals surface area contributed by atoms with Gasteiger partial charge >= 0.3 is 0 Å². The number of carbonyl (C=O) groups excluding carboxylic acids is 1. The average molecular weight is 487 g/mol. The molecule has 2 atom stereocenters. The van der Waals surface area contributed by atoms with Gasteiger partial charge in [0, 0.05) is 18.9 Å². The van der Waals surface area contributed by atoms with Crippen LogP contribution in [0.4, 0.5) is 20.3 Å². The van der Waals surface area contributed by atoms with E-state index in [1.807, 2.05) is 6.07 Å². The normalized spacial score (nSPS) is 26.2. The minimum absolute atomic E-state index is 0.00968. The summed E-state index contributed by atoms with van der Waals surface area (Å²) in [6.45, 7) is 2.06. The summed E-state index contributed by atoms with van der Waals surface area (Å²) in [5, 5.41) is 11.0. The van der Waals surface area contributed by atoms with Crippen molar-refractivity contribution >= 4 is 23.1 Å². The predicted molar refractivity (Wildman–Crippen MR) is 124 cm³/mol. The summed E-state index contributed by atoms with van der Waals surface area (Å²) in [5.41, 5.74) is 5.93. The van der Waals surface area contributed by atoms with Gasteiger partial charge in [0.1, 0.15) is 11.4 Å². The van der Waals surface area contributed by atoms with Gasteiger partial charge in [0.15, 0.2) is 11.3 Å². The van der Waals surface area contributed by atoms with E-state index in [1.165, 1.54) is 16.9 Å². The van der Waals surface area contributed by atoms with Gasteiger partial charge in [0.2, 0.25) is 0 Å². The topological polar surface area (TPSA) is 116 Å². The van der Waals surface area contributed by atoms with Crippen LogP contribution < -0.4 is 16.0 Å². The molecule has 12 heteroatoms. The van der Waals surface area contributed by atoms with Crippen LogP contribution in [-0.4, -0.2) is 62.1 Å². The number of nitrogens with two attached hydrogens (primary N) is 1. The van der Waals surface area contributed by atoms with Gasteiger partial charge in [-0.1, -0.05) is 0 Å². The summed E-state index contributed by atoms with van der Waals surface area (Å²) in [4.78, 5) is 20.0. The van der Waals surface area contributed by atoms with E-state index in [4.69, 9.17) is 10.5 Å². The van der Waals surface area contributed by atoms with Crippen LogP contribution in [0, 0.1) is 5.92 Å². The number of hydrogen-bond donors (Lipinski definition) is 2. The Morgan fingerprint density at radius 3 is 2.77 bits per heavy atom. The number of morpholine rings is 1. The molecule has 0 spiro atoms. The SMILES string of the molecule is NC[C@H]1CC[C@H](n2cc(NC(=O)c3cnn4ccc(N5C[C@H]6C[C@@H]5CO6)nc34)c(C(F)F)n2)CC1. The fraction of sp³-hybridized carbons (Fsp3) is 0.565. The molecule has 3 aromatic heterocycles. The number of hydrogen-bond acceptors (Lipinski definition) is 7. The zero-order valence-electron chi connectivity index (χ0n) is 19.2. The average Bonchev–Trinajstić information content (AvgIpc) is 3.66. The second-order valence-electron chi connectivity index (χ2n) is 9.68. The van der Waals surface area contributed by atoms with E-state index in [0.717, 1.165) is 44.5 Å². The number of halogens is 2. The van der Waals surface area contributed by atoms with Gasteiger partial charge in [-0.15, -0.1) is 0 Å². The van der Waals surface area contributed by atoms with Crippen LogP contribution in [0.25, 0.3) is 5.65 Å². The van der Waals surface area contributed by atoms with Crippen molar-refractivity contribution in [1.29, 1.82) is 0 Å². The second-order valence-corrected chi connectivity index (χ2v) is 9.68.